The molecule has 0 aromatic heterocycles. The van der Waals surface area contributed by atoms with E-state index in [-0.39, 0.29) is 28.5 Å². The largest absolute Gasteiger partial charge is 0.459 e. The van der Waals surface area contributed by atoms with E-state index in [0.29, 0.717) is 6.42 Å². The van der Waals surface area contributed by atoms with Crippen LogP contribution >= 0.6 is 11.6 Å². The highest BCUT2D eigenvalue weighted by atomic mass is 35.5. The lowest BCUT2D eigenvalue weighted by Crippen LogP contribution is -2.29. The summed E-state index contributed by atoms with van der Waals surface area (Å²) in [6.45, 7) is 0. The molecule has 1 aromatic carbocycles. The lowest BCUT2D eigenvalue weighted by atomic mass is 9.95. The summed E-state index contributed by atoms with van der Waals surface area (Å²) in [4.78, 5) is 22.3. The predicted molar refractivity (Wildman–Crippen MR) is 76.6 cm³/mol. The van der Waals surface area contributed by atoms with Crippen molar-refractivity contribution in [3.05, 3.63) is 38.9 Å². The maximum Gasteiger partial charge on any atom is 0.338 e. The van der Waals surface area contributed by atoms with Crippen LogP contribution in [-0.2, 0) is 9.47 Å². The summed E-state index contributed by atoms with van der Waals surface area (Å²) >= 11 is 5.72. The first-order valence-corrected chi connectivity index (χ1v) is 7.06. The van der Waals surface area contributed by atoms with Gasteiger partial charge in [-0.2, -0.15) is 0 Å². The molecule has 1 aromatic rings. The van der Waals surface area contributed by atoms with Crippen LogP contribution in [0.2, 0.25) is 5.02 Å². The van der Waals surface area contributed by atoms with Crippen LogP contribution in [0.5, 0.6) is 0 Å². The Hall–Kier alpha value is -1.66. The average Bonchev–Trinajstić information content (AvgIpc) is 2.47. The molecule has 1 aliphatic carbocycles. The summed E-state index contributed by atoms with van der Waals surface area (Å²) in [6.07, 6.45) is 3.19. The number of hydrogen-bond donors (Lipinski definition) is 0. The van der Waals surface area contributed by atoms with Gasteiger partial charge in [-0.25, -0.2) is 4.79 Å². The number of rotatable bonds is 4. The van der Waals surface area contributed by atoms with E-state index in [1.807, 2.05) is 0 Å². The molecule has 0 saturated heterocycles. The van der Waals surface area contributed by atoms with Gasteiger partial charge in [0, 0.05) is 19.6 Å². The minimum Gasteiger partial charge on any atom is -0.459 e. The molecule has 2 rings (SSSR count). The average molecular weight is 314 g/mol. The Morgan fingerprint density at radius 3 is 2.76 bits per heavy atom. The number of benzene rings is 1. The molecule has 1 saturated carbocycles. The van der Waals surface area contributed by atoms with Crippen molar-refractivity contribution in [1.82, 2.24) is 0 Å². The van der Waals surface area contributed by atoms with Gasteiger partial charge in [0.1, 0.15) is 11.1 Å². The van der Waals surface area contributed by atoms with Crippen molar-refractivity contribution in [1.29, 1.82) is 0 Å². The van der Waals surface area contributed by atoms with Crippen molar-refractivity contribution in [3.8, 4) is 0 Å². The number of halogens is 1. The first-order valence-electron chi connectivity index (χ1n) is 6.69. The number of methoxy groups -OCH3 is 1. The van der Waals surface area contributed by atoms with Gasteiger partial charge in [-0.1, -0.05) is 11.6 Å². The fourth-order valence-electron chi connectivity index (χ4n) is 2.42. The summed E-state index contributed by atoms with van der Waals surface area (Å²) in [5.41, 5.74) is -0.171. The Morgan fingerprint density at radius 2 is 2.10 bits per heavy atom. The molecule has 0 spiro atoms. The van der Waals surface area contributed by atoms with Gasteiger partial charge in [-0.05, 0) is 31.4 Å². The fourth-order valence-corrected chi connectivity index (χ4v) is 2.61. The zero-order chi connectivity index (χ0) is 15.4. The standard InChI is InChI=1S/C14H16ClNO5/c1-20-10-3-2-4-11(8-10)21-14(17)9-5-6-12(15)13(7-9)16(18)19/h5-7,10-11H,2-4,8H2,1H3. The van der Waals surface area contributed by atoms with E-state index in [0.717, 1.165) is 25.3 Å². The van der Waals surface area contributed by atoms with Crippen molar-refractivity contribution in [3.63, 3.8) is 0 Å². The first-order chi connectivity index (χ1) is 10.0. The number of carbonyl (C=O) groups is 1. The number of nitro benzene ring substituents is 1. The van der Waals surface area contributed by atoms with Crippen LogP contribution in [0.15, 0.2) is 18.2 Å². The molecule has 0 bridgehead atoms. The number of esters is 1. The smallest absolute Gasteiger partial charge is 0.338 e. The van der Waals surface area contributed by atoms with Gasteiger partial charge in [0.15, 0.2) is 0 Å². The van der Waals surface area contributed by atoms with Crippen molar-refractivity contribution < 1.29 is 19.2 Å². The van der Waals surface area contributed by atoms with Gasteiger partial charge >= 0.3 is 5.97 Å². The van der Waals surface area contributed by atoms with Crippen LogP contribution in [0.3, 0.4) is 0 Å². The maximum absolute atomic E-state index is 12.1. The molecular weight excluding hydrogens is 298 g/mol. The normalized spacial score (nSPS) is 21.8. The number of carbonyl (C=O) groups excluding carboxylic acids is 1. The number of ether oxygens (including phenoxy) is 2. The molecule has 0 N–H and O–H groups in total. The highest BCUT2D eigenvalue weighted by Gasteiger charge is 2.26. The summed E-state index contributed by atoms with van der Waals surface area (Å²) < 4.78 is 10.7. The van der Waals surface area contributed by atoms with E-state index in [2.05, 4.69) is 0 Å². The SMILES string of the molecule is COC1CCCC(OC(=O)c2ccc(Cl)c([N+](=O)[O-])c2)C1. The zero-order valence-corrected chi connectivity index (χ0v) is 12.3. The van der Waals surface area contributed by atoms with Crippen molar-refractivity contribution >= 4 is 23.3 Å². The minimum atomic E-state index is -0.624. The molecule has 0 aliphatic heterocycles. The quantitative estimate of drug-likeness (QED) is 0.484. The molecule has 0 amide bonds. The second kappa shape index (κ2) is 6.87. The third kappa shape index (κ3) is 3.92. The number of nitro groups is 1. The van der Waals surface area contributed by atoms with E-state index in [1.165, 1.54) is 12.1 Å². The molecule has 0 heterocycles. The second-order valence-electron chi connectivity index (χ2n) is 4.97. The Morgan fingerprint density at radius 1 is 1.38 bits per heavy atom. The molecule has 21 heavy (non-hydrogen) atoms. The first kappa shape index (κ1) is 15.7. The second-order valence-corrected chi connectivity index (χ2v) is 5.38. The van der Waals surface area contributed by atoms with E-state index < -0.39 is 10.9 Å². The topological polar surface area (TPSA) is 78.7 Å². The molecule has 6 nitrogen and oxygen atoms in total. The van der Waals surface area contributed by atoms with E-state index in [9.17, 15) is 14.9 Å². The molecule has 2 unspecified atom stereocenters. The lowest BCUT2D eigenvalue weighted by Gasteiger charge is -2.27. The van der Waals surface area contributed by atoms with E-state index in [4.69, 9.17) is 21.1 Å². The monoisotopic (exact) mass is 313 g/mol. The fraction of sp³-hybridized carbons (Fsp3) is 0.500. The van der Waals surface area contributed by atoms with Crippen molar-refractivity contribution in [2.24, 2.45) is 0 Å². The molecule has 0 radical (unpaired) electrons. The lowest BCUT2D eigenvalue weighted by molar-refractivity contribution is -0.384. The summed E-state index contributed by atoms with van der Waals surface area (Å²) in [6, 6.07) is 3.89. The Bertz CT molecular complexity index is 548. The molecular formula is C14H16ClNO5. The minimum absolute atomic E-state index is 0.00587. The molecule has 114 valence electrons. The van der Waals surface area contributed by atoms with Crippen LogP contribution < -0.4 is 0 Å². The van der Waals surface area contributed by atoms with Crippen LogP contribution in [0, 0.1) is 10.1 Å². The van der Waals surface area contributed by atoms with Gasteiger partial charge < -0.3 is 9.47 Å². The Kier molecular flexibility index (Phi) is 5.14. The van der Waals surface area contributed by atoms with Gasteiger partial charge in [0.25, 0.3) is 5.69 Å². The van der Waals surface area contributed by atoms with Gasteiger partial charge in [0.2, 0.25) is 0 Å². The van der Waals surface area contributed by atoms with Crippen molar-refractivity contribution in [2.45, 2.75) is 37.9 Å². The molecule has 1 fully saturated rings. The van der Waals surface area contributed by atoms with E-state index >= 15 is 0 Å². The van der Waals surface area contributed by atoms with E-state index in [1.54, 1.807) is 7.11 Å². The zero-order valence-electron chi connectivity index (χ0n) is 11.6. The number of hydrogen-bond acceptors (Lipinski definition) is 5. The van der Waals surface area contributed by atoms with Crippen molar-refractivity contribution in [2.75, 3.05) is 7.11 Å². The van der Waals surface area contributed by atoms with Crippen LogP contribution in [-0.4, -0.2) is 30.2 Å². The predicted octanol–water partition coefficient (Wildman–Crippen LogP) is 3.36. The highest BCUT2D eigenvalue weighted by Crippen LogP contribution is 2.27. The van der Waals surface area contributed by atoms with Gasteiger partial charge in [-0.15, -0.1) is 0 Å². The van der Waals surface area contributed by atoms with Gasteiger partial charge in [-0.3, -0.25) is 10.1 Å². The Labute approximate surface area is 127 Å². The van der Waals surface area contributed by atoms with Crippen LogP contribution in [0.4, 0.5) is 5.69 Å². The molecule has 1 aliphatic rings. The number of nitrogens with zero attached hydrogens (tertiary/aromatic N) is 1. The molecule has 7 heteroatoms. The summed E-state index contributed by atoms with van der Waals surface area (Å²) in [7, 11) is 1.64. The summed E-state index contributed by atoms with van der Waals surface area (Å²) in [5.74, 6) is -0.573. The summed E-state index contributed by atoms with van der Waals surface area (Å²) in [5, 5.41) is 10.8. The van der Waals surface area contributed by atoms with Crippen LogP contribution in [0.1, 0.15) is 36.0 Å². The van der Waals surface area contributed by atoms with Gasteiger partial charge in [0.05, 0.1) is 16.6 Å². The molecule has 2 atom stereocenters. The maximum atomic E-state index is 12.1. The third-order valence-corrected chi connectivity index (χ3v) is 3.88. The van der Waals surface area contributed by atoms with Crippen LogP contribution in [0.25, 0.3) is 0 Å². The highest BCUT2D eigenvalue weighted by molar-refractivity contribution is 6.32. The Balaban J connectivity index is 2.06. The third-order valence-electron chi connectivity index (χ3n) is 3.56.